The maximum absolute atomic E-state index is 6.20. The first-order chi connectivity index (χ1) is 10.1. The molecule has 0 saturated carbocycles. The summed E-state index contributed by atoms with van der Waals surface area (Å²) >= 11 is 1.86. The van der Waals surface area contributed by atoms with Crippen LogP contribution in [0.5, 0.6) is 0 Å². The highest BCUT2D eigenvalue weighted by atomic mass is 32.2. The van der Waals surface area contributed by atoms with E-state index in [4.69, 9.17) is 10.7 Å². The fourth-order valence-electron chi connectivity index (χ4n) is 2.46. The number of hydrogen-bond donors (Lipinski definition) is 1. The number of thioether (sulfide) groups is 1. The highest BCUT2D eigenvalue weighted by Crippen LogP contribution is 2.24. The van der Waals surface area contributed by atoms with Gasteiger partial charge >= 0.3 is 0 Å². The van der Waals surface area contributed by atoms with Crippen LogP contribution in [-0.4, -0.2) is 40.5 Å². The summed E-state index contributed by atoms with van der Waals surface area (Å²) in [7, 11) is 2.13. The highest BCUT2D eigenvalue weighted by Gasteiger charge is 2.20. The van der Waals surface area contributed by atoms with Gasteiger partial charge in [-0.3, -0.25) is 0 Å². The van der Waals surface area contributed by atoms with Gasteiger partial charge in [0.1, 0.15) is 5.65 Å². The minimum Gasteiger partial charge on any atom is -0.355 e. The van der Waals surface area contributed by atoms with Gasteiger partial charge in [-0.05, 0) is 31.7 Å². The molecule has 116 valence electrons. The van der Waals surface area contributed by atoms with Crippen LogP contribution in [0.3, 0.4) is 0 Å². The smallest absolute Gasteiger partial charge is 0.151 e. The Morgan fingerprint density at radius 2 is 2.19 bits per heavy atom. The molecule has 0 aliphatic carbocycles. The van der Waals surface area contributed by atoms with E-state index in [1.165, 1.54) is 5.69 Å². The lowest BCUT2D eigenvalue weighted by atomic mass is 10.1. The second-order valence-electron chi connectivity index (χ2n) is 5.60. The molecule has 2 atom stereocenters. The number of nitrogens with zero attached hydrogens (tertiary/aromatic N) is 3. The fraction of sp³-hybridized carbons (Fsp3) is 0.562. The van der Waals surface area contributed by atoms with Crippen molar-refractivity contribution < 1.29 is 0 Å². The Kier molecular flexibility index (Phi) is 5.53. The number of pyridine rings is 1. The Bertz CT molecular complexity index is 581. The maximum Gasteiger partial charge on any atom is 0.151 e. The number of aromatic nitrogens is 2. The molecule has 0 spiro atoms. The van der Waals surface area contributed by atoms with Crippen molar-refractivity contribution in [1.29, 1.82) is 0 Å². The molecule has 2 aromatic heterocycles. The van der Waals surface area contributed by atoms with E-state index in [0.29, 0.717) is 6.04 Å². The third-order valence-corrected chi connectivity index (χ3v) is 4.81. The third kappa shape index (κ3) is 3.52. The molecule has 0 radical (unpaired) electrons. The predicted octanol–water partition coefficient (Wildman–Crippen LogP) is 2.80. The van der Waals surface area contributed by atoms with Gasteiger partial charge in [-0.1, -0.05) is 13.0 Å². The molecule has 0 aliphatic rings. The zero-order valence-corrected chi connectivity index (χ0v) is 14.2. The van der Waals surface area contributed by atoms with E-state index in [2.05, 4.69) is 48.7 Å². The van der Waals surface area contributed by atoms with Gasteiger partial charge in [0, 0.05) is 37.5 Å². The van der Waals surface area contributed by atoms with Crippen LogP contribution < -0.4 is 10.6 Å². The molecule has 2 rings (SSSR count). The Balaban J connectivity index is 2.43. The second kappa shape index (κ2) is 7.18. The van der Waals surface area contributed by atoms with Crippen molar-refractivity contribution in [3.63, 3.8) is 0 Å². The molecule has 0 saturated heterocycles. The van der Waals surface area contributed by atoms with Crippen molar-refractivity contribution in [3.8, 4) is 0 Å². The molecule has 2 N–H and O–H groups in total. The van der Waals surface area contributed by atoms with Crippen LogP contribution in [0.25, 0.3) is 5.65 Å². The summed E-state index contributed by atoms with van der Waals surface area (Å²) in [5, 5.41) is 0. The van der Waals surface area contributed by atoms with Gasteiger partial charge in [0.05, 0.1) is 5.69 Å². The molecular formula is C16H26N4S. The standard InChI is InChI=1S/C16H26N4S/c1-5-13(17)10-14-16(19(3)12(2)11-21-4)18-15-8-6-7-9-20(14)15/h6-9,12-13H,5,10-11,17H2,1-4H3. The van der Waals surface area contributed by atoms with E-state index in [1.54, 1.807) is 0 Å². The normalized spacial score (nSPS) is 14.3. The lowest BCUT2D eigenvalue weighted by molar-refractivity contribution is 0.630. The summed E-state index contributed by atoms with van der Waals surface area (Å²) in [5.41, 5.74) is 8.41. The lowest BCUT2D eigenvalue weighted by Gasteiger charge is -2.26. The van der Waals surface area contributed by atoms with Crippen molar-refractivity contribution in [3.05, 3.63) is 30.1 Å². The number of anilines is 1. The van der Waals surface area contributed by atoms with Gasteiger partial charge in [0.15, 0.2) is 5.82 Å². The minimum absolute atomic E-state index is 0.174. The molecule has 2 heterocycles. The largest absolute Gasteiger partial charge is 0.355 e. The van der Waals surface area contributed by atoms with Crippen LogP contribution in [0.15, 0.2) is 24.4 Å². The molecule has 5 heteroatoms. The topological polar surface area (TPSA) is 46.6 Å². The molecule has 0 bridgehead atoms. The van der Waals surface area contributed by atoms with Crippen molar-refractivity contribution in [2.75, 3.05) is 24.0 Å². The molecule has 2 aromatic rings. The van der Waals surface area contributed by atoms with Crippen LogP contribution >= 0.6 is 11.8 Å². The van der Waals surface area contributed by atoms with Gasteiger partial charge in [-0.25, -0.2) is 4.98 Å². The summed E-state index contributed by atoms with van der Waals surface area (Å²) in [4.78, 5) is 7.11. The molecular weight excluding hydrogens is 280 g/mol. The average Bonchev–Trinajstić information content (AvgIpc) is 2.85. The van der Waals surface area contributed by atoms with E-state index in [0.717, 1.165) is 30.1 Å². The van der Waals surface area contributed by atoms with Crippen LogP contribution in [0.2, 0.25) is 0 Å². The number of nitrogens with two attached hydrogens (primary N) is 1. The van der Waals surface area contributed by atoms with E-state index >= 15 is 0 Å². The zero-order valence-electron chi connectivity index (χ0n) is 13.4. The Morgan fingerprint density at radius 1 is 1.43 bits per heavy atom. The van der Waals surface area contributed by atoms with E-state index in [-0.39, 0.29) is 6.04 Å². The van der Waals surface area contributed by atoms with Gasteiger partial charge in [-0.2, -0.15) is 11.8 Å². The van der Waals surface area contributed by atoms with Crippen LogP contribution in [-0.2, 0) is 6.42 Å². The zero-order chi connectivity index (χ0) is 15.4. The Hall–Kier alpha value is -1.20. The maximum atomic E-state index is 6.20. The molecule has 0 amide bonds. The van der Waals surface area contributed by atoms with Gasteiger partial charge < -0.3 is 15.0 Å². The first-order valence-corrected chi connectivity index (χ1v) is 8.91. The van der Waals surface area contributed by atoms with Gasteiger partial charge in [0.2, 0.25) is 0 Å². The first-order valence-electron chi connectivity index (χ1n) is 7.51. The monoisotopic (exact) mass is 306 g/mol. The number of hydrogen-bond acceptors (Lipinski definition) is 4. The predicted molar refractivity (Wildman–Crippen MR) is 93.4 cm³/mol. The van der Waals surface area contributed by atoms with Crippen molar-refractivity contribution in [2.24, 2.45) is 5.73 Å². The molecule has 21 heavy (non-hydrogen) atoms. The Morgan fingerprint density at radius 3 is 2.86 bits per heavy atom. The Labute approximate surface area is 131 Å². The van der Waals surface area contributed by atoms with Crippen molar-refractivity contribution >= 4 is 23.2 Å². The van der Waals surface area contributed by atoms with Gasteiger partial charge in [-0.15, -0.1) is 0 Å². The fourth-order valence-corrected chi connectivity index (χ4v) is 3.17. The summed E-state index contributed by atoms with van der Waals surface area (Å²) in [6, 6.07) is 6.75. The number of rotatable bonds is 7. The molecule has 0 aliphatic heterocycles. The second-order valence-corrected chi connectivity index (χ2v) is 6.51. The first kappa shape index (κ1) is 16.2. The number of fused-ring (bicyclic) bond motifs is 1. The van der Waals surface area contributed by atoms with Gasteiger partial charge in [0.25, 0.3) is 0 Å². The molecule has 0 aromatic carbocycles. The van der Waals surface area contributed by atoms with Crippen molar-refractivity contribution in [1.82, 2.24) is 9.38 Å². The van der Waals surface area contributed by atoms with E-state index in [9.17, 15) is 0 Å². The molecule has 2 unspecified atom stereocenters. The molecule has 0 fully saturated rings. The quantitative estimate of drug-likeness (QED) is 0.854. The summed E-state index contributed by atoms with van der Waals surface area (Å²) in [5.74, 6) is 2.15. The minimum atomic E-state index is 0.174. The number of imidazole rings is 1. The summed E-state index contributed by atoms with van der Waals surface area (Å²) < 4.78 is 2.17. The summed E-state index contributed by atoms with van der Waals surface area (Å²) in [6.45, 7) is 4.37. The SMILES string of the molecule is CCC(N)Cc1c(N(C)C(C)CSC)nc2ccccn12. The summed E-state index contributed by atoms with van der Waals surface area (Å²) in [6.07, 6.45) is 6.05. The van der Waals surface area contributed by atoms with E-state index < -0.39 is 0 Å². The van der Waals surface area contributed by atoms with Crippen LogP contribution in [0.1, 0.15) is 26.0 Å². The van der Waals surface area contributed by atoms with Crippen LogP contribution in [0, 0.1) is 0 Å². The highest BCUT2D eigenvalue weighted by molar-refractivity contribution is 7.98. The molecule has 4 nitrogen and oxygen atoms in total. The lowest BCUT2D eigenvalue weighted by Crippen LogP contribution is -2.33. The van der Waals surface area contributed by atoms with Crippen molar-refractivity contribution in [2.45, 2.75) is 38.8 Å². The average molecular weight is 306 g/mol. The van der Waals surface area contributed by atoms with E-state index in [1.807, 2.05) is 23.9 Å². The third-order valence-electron chi connectivity index (χ3n) is 3.99. The van der Waals surface area contributed by atoms with Crippen LogP contribution in [0.4, 0.5) is 5.82 Å².